The second-order valence-corrected chi connectivity index (χ2v) is 3.51. The van der Waals surface area contributed by atoms with Crippen LogP contribution in [0.3, 0.4) is 0 Å². The average Bonchev–Trinajstić information content (AvgIpc) is 2.28. The lowest BCUT2D eigenvalue weighted by Gasteiger charge is -2.11. The molecular formula is C12H14N2O2. The van der Waals surface area contributed by atoms with E-state index in [9.17, 15) is 5.11 Å². The van der Waals surface area contributed by atoms with Crippen molar-refractivity contribution in [2.45, 2.75) is 20.0 Å². The molecule has 0 saturated heterocycles. The number of rotatable bonds is 3. The van der Waals surface area contributed by atoms with Crippen LogP contribution in [0.2, 0.25) is 0 Å². The highest BCUT2D eigenvalue weighted by Crippen LogP contribution is 2.23. The molecule has 0 spiro atoms. The van der Waals surface area contributed by atoms with Gasteiger partial charge in [0.2, 0.25) is 5.88 Å². The molecular weight excluding hydrogens is 204 g/mol. The average molecular weight is 218 g/mol. The van der Waals surface area contributed by atoms with Gasteiger partial charge in [0, 0.05) is 0 Å². The number of aliphatic hydroxyl groups excluding tert-OH is 1. The van der Waals surface area contributed by atoms with E-state index >= 15 is 0 Å². The zero-order valence-electron chi connectivity index (χ0n) is 9.34. The SMILES string of the molecule is CCOc1nc2ccccc2nc1C(C)O. The van der Waals surface area contributed by atoms with Gasteiger partial charge in [-0.1, -0.05) is 12.1 Å². The first kappa shape index (κ1) is 10.8. The Labute approximate surface area is 93.9 Å². The summed E-state index contributed by atoms with van der Waals surface area (Å²) in [7, 11) is 0. The van der Waals surface area contributed by atoms with Crippen molar-refractivity contribution in [3.63, 3.8) is 0 Å². The summed E-state index contributed by atoms with van der Waals surface area (Å²) in [5.41, 5.74) is 2.03. The lowest BCUT2D eigenvalue weighted by Crippen LogP contribution is -2.05. The lowest BCUT2D eigenvalue weighted by molar-refractivity contribution is 0.185. The number of para-hydroxylation sites is 2. The van der Waals surface area contributed by atoms with Gasteiger partial charge in [-0.25, -0.2) is 9.97 Å². The van der Waals surface area contributed by atoms with Gasteiger partial charge >= 0.3 is 0 Å². The third kappa shape index (κ3) is 1.97. The van der Waals surface area contributed by atoms with Gasteiger partial charge in [0.1, 0.15) is 5.69 Å². The predicted octanol–water partition coefficient (Wildman–Crippen LogP) is 2.08. The van der Waals surface area contributed by atoms with Crippen molar-refractivity contribution < 1.29 is 9.84 Å². The molecule has 1 heterocycles. The Bertz CT molecular complexity index is 497. The van der Waals surface area contributed by atoms with Crippen LogP contribution in [0.15, 0.2) is 24.3 Å². The minimum Gasteiger partial charge on any atom is -0.477 e. The number of benzene rings is 1. The van der Waals surface area contributed by atoms with Crippen molar-refractivity contribution in [1.29, 1.82) is 0 Å². The molecule has 0 radical (unpaired) electrons. The third-order valence-corrected chi connectivity index (χ3v) is 2.24. The molecule has 2 aromatic rings. The summed E-state index contributed by atoms with van der Waals surface area (Å²) in [6, 6.07) is 7.53. The molecule has 1 unspecified atom stereocenters. The summed E-state index contributed by atoms with van der Waals surface area (Å²) in [5, 5.41) is 9.61. The summed E-state index contributed by atoms with van der Waals surface area (Å²) < 4.78 is 5.37. The molecule has 1 aromatic heterocycles. The summed E-state index contributed by atoms with van der Waals surface area (Å²) >= 11 is 0. The fourth-order valence-corrected chi connectivity index (χ4v) is 1.51. The molecule has 1 aromatic carbocycles. The Morgan fingerprint density at radius 2 is 1.88 bits per heavy atom. The molecule has 1 N–H and O–H groups in total. The molecule has 0 aliphatic carbocycles. The smallest absolute Gasteiger partial charge is 0.238 e. The van der Waals surface area contributed by atoms with Crippen LogP contribution >= 0.6 is 0 Å². The van der Waals surface area contributed by atoms with Gasteiger partial charge in [0.25, 0.3) is 0 Å². The minimum atomic E-state index is -0.682. The van der Waals surface area contributed by atoms with E-state index in [2.05, 4.69) is 9.97 Å². The third-order valence-electron chi connectivity index (χ3n) is 2.24. The number of ether oxygens (including phenoxy) is 1. The highest BCUT2D eigenvalue weighted by molar-refractivity contribution is 5.74. The molecule has 0 saturated carbocycles. The Kier molecular flexibility index (Phi) is 3.01. The van der Waals surface area contributed by atoms with Gasteiger partial charge in [-0.05, 0) is 26.0 Å². The normalized spacial score (nSPS) is 12.7. The van der Waals surface area contributed by atoms with Gasteiger partial charge in [-0.3, -0.25) is 0 Å². The Balaban J connectivity index is 2.61. The van der Waals surface area contributed by atoms with E-state index in [1.54, 1.807) is 6.92 Å². The Morgan fingerprint density at radius 1 is 1.25 bits per heavy atom. The van der Waals surface area contributed by atoms with E-state index in [0.717, 1.165) is 11.0 Å². The van der Waals surface area contributed by atoms with Crippen LogP contribution in [0.4, 0.5) is 0 Å². The molecule has 0 bridgehead atoms. The second kappa shape index (κ2) is 4.45. The predicted molar refractivity (Wildman–Crippen MR) is 61.3 cm³/mol. The van der Waals surface area contributed by atoms with Crippen molar-refractivity contribution in [2.24, 2.45) is 0 Å². The number of hydrogen-bond donors (Lipinski definition) is 1. The summed E-state index contributed by atoms with van der Waals surface area (Å²) in [5.74, 6) is 0.413. The number of aliphatic hydroxyl groups is 1. The zero-order valence-corrected chi connectivity index (χ0v) is 9.34. The van der Waals surface area contributed by atoms with Gasteiger partial charge in [-0.2, -0.15) is 0 Å². The summed E-state index contributed by atoms with van der Waals surface area (Å²) in [4.78, 5) is 8.70. The number of aromatic nitrogens is 2. The molecule has 0 aliphatic rings. The first-order valence-corrected chi connectivity index (χ1v) is 5.30. The molecule has 0 amide bonds. The van der Waals surface area contributed by atoms with E-state index in [1.807, 2.05) is 31.2 Å². The van der Waals surface area contributed by atoms with E-state index in [0.29, 0.717) is 18.2 Å². The van der Waals surface area contributed by atoms with E-state index in [-0.39, 0.29) is 0 Å². The van der Waals surface area contributed by atoms with Gasteiger partial charge in [0.15, 0.2) is 0 Å². The quantitative estimate of drug-likeness (QED) is 0.857. The molecule has 16 heavy (non-hydrogen) atoms. The monoisotopic (exact) mass is 218 g/mol. The maximum absolute atomic E-state index is 9.61. The van der Waals surface area contributed by atoms with Gasteiger partial charge in [-0.15, -0.1) is 0 Å². The van der Waals surface area contributed by atoms with Crippen LogP contribution < -0.4 is 4.74 Å². The lowest BCUT2D eigenvalue weighted by atomic mass is 10.2. The van der Waals surface area contributed by atoms with Crippen molar-refractivity contribution in [3.8, 4) is 5.88 Å². The van der Waals surface area contributed by atoms with Crippen LogP contribution in [-0.2, 0) is 0 Å². The highest BCUT2D eigenvalue weighted by Gasteiger charge is 2.13. The first-order valence-electron chi connectivity index (χ1n) is 5.30. The second-order valence-electron chi connectivity index (χ2n) is 3.51. The Morgan fingerprint density at radius 3 is 2.44 bits per heavy atom. The molecule has 0 fully saturated rings. The van der Waals surface area contributed by atoms with Crippen molar-refractivity contribution in [1.82, 2.24) is 9.97 Å². The van der Waals surface area contributed by atoms with Crippen LogP contribution in [0, 0.1) is 0 Å². The van der Waals surface area contributed by atoms with Crippen LogP contribution in [0.1, 0.15) is 25.6 Å². The number of fused-ring (bicyclic) bond motifs is 1. The summed E-state index contributed by atoms with van der Waals surface area (Å²) in [6.45, 7) is 4.04. The molecule has 2 rings (SSSR count). The highest BCUT2D eigenvalue weighted by atomic mass is 16.5. The molecule has 0 aliphatic heterocycles. The fourth-order valence-electron chi connectivity index (χ4n) is 1.51. The maximum Gasteiger partial charge on any atom is 0.238 e. The summed E-state index contributed by atoms with van der Waals surface area (Å²) in [6.07, 6.45) is -0.682. The topological polar surface area (TPSA) is 55.2 Å². The molecule has 84 valence electrons. The van der Waals surface area contributed by atoms with E-state index in [1.165, 1.54) is 0 Å². The maximum atomic E-state index is 9.61. The van der Waals surface area contributed by atoms with Crippen LogP contribution in [0.25, 0.3) is 11.0 Å². The minimum absolute atomic E-state index is 0.413. The van der Waals surface area contributed by atoms with Crippen LogP contribution in [-0.4, -0.2) is 21.7 Å². The first-order chi connectivity index (χ1) is 7.72. The van der Waals surface area contributed by atoms with Gasteiger partial charge in [0.05, 0.1) is 23.7 Å². The van der Waals surface area contributed by atoms with Crippen LogP contribution in [0.5, 0.6) is 5.88 Å². The van der Waals surface area contributed by atoms with E-state index < -0.39 is 6.10 Å². The Hall–Kier alpha value is -1.68. The fraction of sp³-hybridized carbons (Fsp3) is 0.333. The van der Waals surface area contributed by atoms with Gasteiger partial charge < -0.3 is 9.84 Å². The van der Waals surface area contributed by atoms with Crippen molar-refractivity contribution in [3.05, 3.63) is 30.0 Å². The van der Waals surface area contributed by atoms with Crippen molar-refractivity contribution >= 4 is 11.0 Å². The molecule has 4 heteroatoms. The van der Waals surface area contributed by atoms with E-state index in [4.69, 9.17) is 4.74 Å². The molecule has 4 nitrogen and oxygen atoms in total. The largest absolute Gasteiger partial charge is 0.477 e. The number of nitrogens with zero attached hydrogens (tertiary/aromatic N) is 2. The zero-order chi connectivity index (χ0) is 11.5. The standard InChI is InChI=1S/C12H14N2O2/c1-3-16-12-11(8(2)15)13-9-6-4-5-7-10(9)14-12/h4-8,15H,3H2,1-2H3. The van der Waals surface area contributed by atoms with Crippen molar-refractivity contribution in [2.75, 3.05) is 6.61 Å². The molecule has 1 atom stereocenters. The number of hydrogen-bond acceptors (Lipinski definition) is 4.